The number of hydrogen-bond acceptors (Lipinski definition) is 1. The molecule has 0 amide bonds. The molecule has 0 atom stereocenters. The predicted molar refractivity (Wildman–Crippen MR) is 96.5 cm³/mol. The maximum atomic E-state index is 13.6. The van der Waals surface area contributed by atoms with E-state index in [1.165, 1.54) is 24.3 Å². The zero-order chi connectivity index (χ0) is 18.1. The van der Waals surface area contributed by atoms with Crippen LogP contribution in [-0.4, -0.2) is 20.7 Å². The Morgan fingerprint density at radius 3 is 1.88 bits per heavy atom. The van der Waals surface area contributed by atoms with Crippen LogP contribution < -0.4 is 15.4 Å². The Hall–Kier alpha value is -3.22. The molecule has 2 aromatic carbocycles. The van der Waals surface area contributed by atoms with Crippen LogP contribution in [0.3, 0.4) is 0 Å². The van der Waals surface area contributed by atoms with Gasteiger partial charge in [-0.3, -0.25) is 0 Å². The summed E-state index contributed by atoms with van der Waals surface area (Å²) in [6, 6.07) is 14.6. The molecule has 0 saturated carbocycles. The topological polar surface area (TPSA) is 26.6 Å². The number of imidazole rings is 1. The van der Waals surface area contributed by atoms with E-state index in [0.717, 1.165) is 10.9 Å². The van der Waals surface area contributed by atoms with Crippen molar-refractivity contribution in [1.82, 2.24) is 14.3 Å². The Balaban J connectivity index is 2.09. The van der Waals surface area contributed by atoms with Crippen molar-refractivity contribution >= 4 is 17.3 Å². The molecule has 0 N–H and O–H groups in total. The summed E-state index contributed by atoms with van der Waals surface area (Å²) in [4.78, 5) is 0. The molecule has 2 aromatic heterocycles. The molecule has 0 unspecified atom stereocenters. The Kier molecular flexibility index (Phi) is 3.91. The van der Waals surface area contributed by atoms with Gasteiger partial charge in [-0.2, -0.15) is 0 Å². The first-order valence-corrected chi connectivity index (χ1v) is 8.31. The lowest BCUT2D eigenvalue weighted by Gasteiger charge is -2.38. The van der Waals surface area contributed by atoms with Crippen molar-refractivity contribution in [3.05, 3.63) is 97.3 Å². The van der Waals surface area contributed by atoms with Crippen molar-refractivity contribution in [2.45, 2.75) is 0 Å². The molecular formula is C19H17BF2N4. The number of aromatic nitrogens is 4. The van der Waals surface area contributed by atoms with Crippen LogP contribution in [0.15, 0.2) is 85.7 Å². The second kappa shape index (κ2) is 6.26. The highest BCUT2D eigenvalue weighted by molar-refractivity contribution is 6.94. The fraction of sp³-hybridized carbons (Fsp3) is 0.0526. The van der Waals surface area contributed by atoms with Crippen molar-refractivity contribution in [3.8, 4) is 0 Å². The van der Waals surface area contributed by atoms with E-state index >= 15 is 0 Å². The third-order valence-corrected chi connectivity index (χ3v) is 4.80. The van der Waals surface area contributed by atoms with Crippen LogP contribution in [0.25, 0.3) is 0 Å². The third-order valence-electron chi connectivity index (χ3n) is 4.80. The van der Waals surface area contributed by atoms with Crippen LogP contribution in [0.4, 0.5) is 8.78 Å². The summed E-state index contributed by atoms with van der Waals surface area (Å²) in [7, 11) is 1.93. The Labute approximate surface area is 149 Å². The Morgan fingerprint density at radius 2 is 1.46 bits per heavy atom. The summed E-state index contributed by atoms with van der Waals surface area (Å²) in [5.74, 6) is -0.618. The summed E-state index contributed by atoms with van der Waals surface area (Å²) >= 11 is 0. The van der Waals surface area contributed by atoms with E-state index in [0.29, 0.717) is 0 Å². The molecule has 0 bridgehead atoms. The summed E-state index contributed by atoms with van der Waals surface area (Å²) in [5.41, 5.74) is 1.72. The molecule has 4 rings (SSSR count). The van der Waals surface area contributed by atoms with Crippen LogP contribution in [0.2, 0.25) is 0 Å². The van der Waals surface area contributed by atoms with E-state index in [2.05, 4.69) is 5.10 Å². The van der Waals surface area contributed by atoms with E-state index in [1.54, 1.807) is 30.5 Å². The first kappa shape index (κ1) is 16.3. The van der Waals surface area contributed by atoms with Gasteiger partial charge in [0.05, 0.1) is 13.2 Å². The zero-order valence-corrected chi connectivity index (χ0v) is 14.2. The molecule has 0 aliphatic carbocycles. The van der Waals surface area contributed by atoms with Crippen LogP contribution >= 0.6 is 0 Å². The average Bonchev–Trinajstić information content (AvgIpc) is 3.31. The van der Waals surface area contributed by atoms with E-state index in [1.807, 2.05) is 51.7 Å². The Morgan fingerprint density at radius 1 is 0.885 bits per heavy atom. The number of aryl methyl sites for hydroxylation is 1. The molecule has 0 saturated heterocycles. The minimum Gasteiger partial charge on any atom is -0.406 e. The molecule has 4 nitrogen and oxygen atoms in total. The first-order chi connectivity index (χ1) is 12.6. The van der Waals surface area contributed by atoms with Crippen molar-refractivity contribution in [2.24, 2.45) is 7.05 Å². The van der Waals surface area contributed by atoms with E-state index < -0.39 is 6.42 Å². The van der Waals surface area contributed by atoms with Gasteiger partial charge in [-0.05, 0) is 36.5 Å². The first-order valence-electron chi connectivity index (χ1n) is 8.31. The summed E-state index contributed by atoms with van der Waals surface area (Å²) < 4.78 is 33.0. The monoisotopic (exact) mass is 350 g/mol. The number of nitrogens with zero attached hydrogens (tertiary/aromatic N) is 4. The molecular weight excluding hydrogens is 333 g/mol. The van der Waals surface area contributed by atoms with E-state index in [9.17, 15) is 8.78 Å². The molecule has 130 valence electrons. The van der Waals surface area contributed by atoms with Crippen molar-refractivity contribution in [3.63, 3.8) is 0 Å². The number of halogens is 2. The standard InChI is InChI=1S/C19H17BF2N4/c1-24-13-14-25(15-24)20(26-12-2-11-23-26,16-3-7-18(21)8-4-16)17-5-9-19(22)10-6-17/h2-15H,1H3. The molecule has 0 aliphatic heterocycles. The molecule has 2 heterocycles. The van der Waals surface area contributed by atoms with Gasteiger partial charge in [0, 0.05) is 6.20 Å². The van der Waals surface area contributed by atoms with E-state index in [-0.39, 0.29) is 11.6 Å². The summed E-state index contributed by atoms with van der Waals surface area (Å²) in [5, 5.41) is 4.50. The van der Waals surface area contributed by atoms with Gasteiger partial charge in [0.1, 0.15) is 17.8 Å². The highest BCUT2D eigenvalue weighted by Crippen LogP contribution is 2.08. The fourth-order valence-electron chi connectivity index (χ4n) is 3.63. The van der Waals surface area contributed by atoms with Crippen LogP contribution in [-0.2, 0) is 7.05 Å². The normalized spacial score (nSPS) is 11.7. The van der Waals surface area contributed by atoms with Gasteiger partial charge < -0.3 is 9.07 Å². The minimum atomic E-state index is -1.82. The van der Waals surface area contributed by atoms with Crippen LogP contribution in [0.1, 0.15) is 0 Å². The number of benzene rings is 2. The van der Waals surface area contributed by atoms with Crippen molar-refractivity contribution < 1.29 is 13.3 Å². The highest BCUT2D eigenvalue weighted by Gasteiger charge is 2.39. The van der Waals surface area contributed by atoms with Gasteiger partial charge in [0.15, 0.2) is 6.33 Å². The molecule has 0 spiro atoms. The average molecular weight is 350 g/mol. The quantitative estimate of drug-likeness (QED) is 0.512. The third kappa shape index (κ3) is 2.52. The minimum absolute atomic E-state index is 0.309. The number of rotatable bonds is 4. The van der Waals surface area contributed by atoms with Gasteiger partial charge in [-0.25, -0.2) is 18.4 Å². The molecule has 7 heteroatoms. The lowest BCUT2D eigenvalue weighted by atomic mass is 9.37. The Bertz CT molecular complexity index is 963. The SMILES string of the molecule is Cn1cc[n+]([B-](c2ccc(F)cc2)(c2ccc(F)cc2)n2cccn2)c1. The molecule has 0 radical (unpaired) electrons. The van der Waals surface area contributed by atoms with E-state index in [4.69, 9.17) is 0 Å². The molecule has 0 aliphatic rings. The van der Waals surface area contributed by atoms with Gasteiger partial charge in [-0.1, -0.05) is 24.3 Å². The molecule has 0 fully saturated rings. The van der Waals surface area contributed by atoms with Crippen LogP contribution in [0.5, 0.6) is 0 Å². The smallest absolute Gasteiger partial charge is 0.359 e. The van der Waals surface area contributed by atoms with Gasteiger partial charge in [0.2, 0.25) is 0 Å². The maximum absolute atomic E-state index is 13.6. The van der Waals surface area contributed by atoms with Crippen LogP contribution in [0, 0.1) is 11.6 Å². The zero-order valence-electron chi connectivity index (χ0n) is 14.2. The van der Waals surface area contributed by atoms with Gasteiger partial charge in [0.25, 0.3) is 0 Å². The maximum Gasteiger partial charge on any atom is 0.359 e. The summed E-state index contributed by atoms with van der Waals surface area (Å²) in [6.07, 6.45) is 7.56. The second-order valence-corrected chi connectivity index (χ2v) is 6.39. The number of hydrogen-bond donors (Lipinski definition) is 0. The lowest BCUT2D eigenvalue weighted by Crippen LogP contribution is -2.82. The molecule has 4 aromatic rings. The summed E-state index contributed by atoms with van der Waals surface area (Å²) in [6.45, 7) is 0. The fourth-order valence-corrected chi connectivity index (χ4v) is 3.63. The predicted octanol–water partition coefficient (Wildman–Crippen LogP) is 1.44. The van der Waals surface area contributed by atoms with Crippen molar-refractivity contribution in [1.29, 1.82) is 0 Å². The van der Waals surface area contributed by atoms with Gasteiger partial charge in [-0.15, -0.1) is 10.9 Å². The lowest BCUT2D eigenvalue weighted by molar-refractivity contribution is -0.544. The second-order valence-electron chi connectivity index (χ2n) is 6.39. The largest absolute Gasteiger partial charge is 0.406 e. The van der Waals surface area contributed by atoms with Crippen molar-refractivity contribution in [2.75, 3.05) is 0 Å². The van der Waals surface area contributed by atoms with Gasteiger partial charge >= 0.3 is 6.42 Å². The highest BCUT2D eigenvalue weighted by atomic mass is 19.1. The molecule has 26 heavy (non-hydrogen) atoms.